The molecule has 1 aromatic rings. The van der Waals surface area contributed by atoms with Crippen LogP contribution in [0, 0.1) is 17.3 Å². The molecule has 3 aliphatic rings. The van der Waals surface area contributed by atoms with Crippen molar-refractivity contribution in [3.8, 4) is 0 Å². The van der Waals surface area contributed by atoms with E-state index in [2.05, 4.69) is 27.3 Å². The van der Waals surface area contributed by atoms with E-state index in [4.69, 9.17) is 4.74 Å². The number of pyridine rings is 1. The third-order valence-electron chi connectivity index (χ3n) is 6.71. The van der Waals surface area contributed by atoms with E-state index in [9.17, 15) is 4.79 Å². The zero-order valence-corrected chi connectivity index (χ0v) is 15.7. The number of hydrogen-bond donors (Lipinski definition) is 1. The summed E-state index contributed by atoms with van der Waals surface area (Å²) in [5.74, 6) is 1.08. The van der Waals surface area contributed by atoms with Crippen LogP contribution < -0.4 is 5.32 Å². The summed E-state index contributed by atoms with van der Waals surface area (Å²) in [7, 11) is 0. The Kier molecular flexibility index (Phi) is 5.55. The Hall–Kier alpha value is -1.46. The molecule has 2 unspecified atom stereocenters. The predicted octanol–water partition coefficient (Wildman–Crippen LogP) is 2.62. The smallest absolute Gasteiger partial charge is 0.223 e. The van der Waals surface area contributed by atoms with Crippen LogP contribution in [0.2, 0.25) is 0 Å². The highest BCUT2D eigenvalue weighted by Gasteiger charge is 2.50. The third kappa shape index (κ3) is 3.94. The molecule has 1 saturated carbocycles. The van der Waals surface area contributed by atoms with Gasteiger partial charge in [0.05, 0.1) is 5.69 Å². The number of ether oxygens (including phenoxy) is 1. The highest BCUT2D eigenvalue weighted by molar-refractivity contribution is 5.80. The Morgan fingerprint density at radius 2 is 2.15 bits per heavy atom. The van der Waals surface area contributed by atoms with Gasteiger partial charge >= 0.3 is 0 Å². The molecule has 2 aliphatic heterocycles. The normalized spacial score (nSPS) is 30.1. The Morgan fingerprint density at radius 3 is 2.96 bits per heavy atom. The number of rotatable bonds is 5. The molecule has 1 spiro atoms. The average molecular weight is 357 g/mol. The Balaban J connectivity index is 1.33. The largest absolute Gasteiger partial charge is 0.381 e. The molecule has 26 heavy (non-hydrogen) atoms. The van der Waals surface area contributed by atoms with E-state index >= 15 is 0 Å². The number of hydrogen-bond acceptors (Lipinski definition) is 4. The molecule has 0 radical (unpaired) electrons. The molecule has 4 rings (SSSR count). The van der Waals surface area contributed by atoms with E-state index < -0.39 is 0 Å². The van der Waals surface area contributed by atoms with Gasteiger partial charge in [-0.15, -0.1) is 0 Å². The zero-order valence-electron chi connectivity index (χ0n) is 15.7. The van der Waals surface area contributed by atoms with Crippen LogP contribution in [0.1, 0.15) is 44.2 Å². The maximum absolute atomic E-state index is 12.9. The summed E-state index contributed by atoms with van der Waals surface area (Å²) in [4.78, 5) is 19.9. The second-order valence-electron chi connectivity index (χ2n) is 8.39. The van der Waals surface area contributed by atoms with Gasteiger partial charge in [-0.1, -0.05) is 12.5 Å². The summed E-state index contributed by atoms with van der Waals surface area (Å²) in [5.41, 5.74) is 1.32. The third-order valence-corrected chi connectivity index (χ3v) is 6.71. The Bertz CT molecular complexity index is 603. The lowest BCUT2D eigenvalue weighted by Gasteiger charge is -2.31. The summed E-state index contributed by atoms with van der Waals surface area (Å²) in [5, 5.41) is 3.28. The molecular weight excluding hydrogens is 326 g/mol. The minimum absolute atomic E-state index is 0.189. The fraction of sp³-hybridized carbons (Fsp3) is 0.714. The molecule has 1 aliphatic carbocycles. The van der Waals surface area contributed by atoms with Gasteiger partial charge in [-0.05, 0) is 62.1 Å². The van der Waals surface area contributed by atoms with Crippen molar-refractivity contribution < 1.29 is 9.53 Å². The standard InChI is InChI=1S/C21H31N3O2/c25-20(23-14-17-6-12-26-13-7-17)19-5-3-8-21(19)9-11-24(16-21)15-18-4-1-2-10-22-18/h1-2,4,10,17,19H,3,5-9,11-16H2,(H,23,25). The fourth-order valence-corrected chi connectivity index (χ4v) is 5.19. The number of amides is 1. The number of carbonyl (C=O) groups excluding carboxylic acids is 1. The number of likely N-dealkylation sites (tertiary alicyclic amines) is 1. The molecule has 1 amide bonds. The molecule has 0 aromatic carbocycles. The number of carbonyl (C=O) groups is 1. The van der Waals surface area contributed by atoms with Gasteiger partial charge in [-0.3, -0.25) is 14.7 Å². The molecule has 5 nitrogen and oxygen atoms in total. The van der Waals surface area contributed by atoms with Crippen LogP contribution in [0.5, 0.6) is 0 Å². The minimum Gasteiger partial charge on any atom is -0.381 e. The van der Waals surface area contributed by atoms with Crippen LogP contribution in [-0.2, 0) is 16.1 Å². The van der Waals surface area contributed by atoms with Crippen LogP contribution in [0.25, 0.3) is 0 Å². The molecular formula is C21H31N3O2. The summed E-state index contributed by atoms with van der Waals surface area (Å²) in [6.07, 6.45) is 8.60. The molecule has 2 atom stereocenters. The molecule has 142 valence electrons. The molecule has 3 heterocycles. The summed E-state index contributed by atoms with van der Waals surface area (Å²) < 4.78 is 5.42. The Morgan fingerprint density at radius 1 is 1.27 bits per heavy atom. The fourth-order valence-electron chi connectivity index (χ4n) is 5.19. The zero-order chi connectivity index (χ0) is 17.8. The first kappa shape index (κ1) is 17.9. The van der Waals surface area contributed by atoms with Gasteiger partial charge in [-0.25, -0.2) is 0 Å². The lowest BCUT2D eigenvalue weighted by atomic mass is 9.76. The van der Waals surface area contributed by atoms with Crippen molar-refractivity contribution in [1.82, 2.24) is 15.2 Å². The predicted molar refractivity (Wildman–Crippen MR) is 100 cm³/mol. The first-order valence-electron chi connectivity index (χ1n) is 10.2. The number of aromatic nitrogens is 1. The summed E-state index contributed by atoms with van der Waals surface area (Å²) in [6.45, 7) is 5.54. The van der Waals surface area contributed by atoms with Gasteiger partial charge in [-0.2, -0.15) is 0 Å². The second kappa shape index (κ2) is 8.05. The molecule has 3 fully saturated rings. The van der Waals surface area contributed by atoms with Gasteiger partial charge in [0.25, 0.3) is 0 Å². The van der Waals surface area contributed by atoms with Crippen LogP contribution in [0.3, 0.4) is 0 Å². The maximum atomic E-state index is 12.9. The molecule has 1 aromatic heterocycles. The van der Waals surface area contributed by atoms with Crippen LogP contribution in [0.4, 0.5) is 0 Å². The van der Waals surface area contributed by atoms with Gasteiger partial charge in [0.1, 0.15) is 0 Å². The highest BCUT2D eigenvalue weighted by Crippen LogP contribution is 2.50. The van der Waals surface area contributed by atoms with E-state index in [1.165, 1.54) is 12.8 Å². The van der Waals surface area contributed by atoms with Crippen molar-refractivity contribution in [2.24, 2.45) is 17.3 Å². The van der Waals surface area contributed by atoms with Crippen molar-refractivity contribution in [2.45, 2.75) is 45.1 Å². The van der Waals surface area contributed by atoms with Gasteiger partial charge in [0.15, 0.2) is 0 Å². The van der Waals surface area contributed by atoms with Crippen molar-refractivity contribution in [2.75, 3.05) is 32.8 Å². The summed E-state index contributed by atoms with van der Waals surface area (Å²) in [6, 6.07) is 6.11. The number of nitrogens with zero attached hydrogens (tertiary/aromatic N) is 2. The monoisotopic (exact) mass is 357 g/mol. The molecule has 0 bridgehead atoms. The van der Waals surface area contributed by atoms with Gasteiger partial charge in [0.2, 0.25) is 5.91 Å². The quantitative estimate of drug-likeness (QED) is 0.880. The lowest BCUT2D eigenvalue weighted by Crippen LogP contribution is -2.42. The SMILES string of the molecule is O=C(NCC1CCOCC1)C1CCCC12CCN(Cc1ccccn1)C2. The lowest BCUT2D eigenvalue weighted by molar-refractivity contribution is -0.128. The second-order valence-corrected chi connectivity index (χ2v) is 8.39. The van der Waals surface area contributed by atoms with Gasteiger partial charge in [0, 0.05) is 45.0 Å². The van der Waals surface area contributed by atoms with Crippen LogP contribution >= 0.6 is 0 Å². The molecule has 1 N–H and O–H groups in total. The van der Waals surface area contributed by atoms with Crippen LogP contribution in [-0.4, -0.2) is 48.6 Å². The maximum Gasteiger partial charge on any atom is 0.223 e. The van der Waals surface area contributed by atoms with Crippen molar-refractivity contribution >= 4 is 5.91 Å². The molecule has 5 heteroatoms. The van der Waals surface area contributed by atoms with Crippen LogP contribution in [0.15, 0.2) is 24.4 Å². The average Bonchev–Trinajstić information content (AvgIpc) is 3.28. The van der Waals surface area contributed by atoms with E-state index in [1.807, 2.05) is 12.3 Å². The van der Waals surface area contributed by atoms with Gasteiger partial charge < -0.3 is 10.1 Å². The Labute approximate surface area is 156 Å². The minimum atomic E-state index is 0.189. The first-order valence-corrected chi connectivity index (χ1v) is 10.2. The highest BCUT2D eigenvalue weighted by atomic mass is 16.5. The molecule has 2 saturated heterocycles. The van der Waals surface area contributed by atoms with E-state index in [1.54, 1.807) is 0 Å². The number of nitrogens with one attached hydrogen (secondary N) is 1. The van der Waals surface area contributed by atoms with Crippen molar-refractivity contribution in [1.29, 1.82) is 0 Å². The summed E-state index contributed by atoms with van der Waals surface area (Å²) >= 11 is 0. The van der Waals surface area contributed by atoms with E-state index in [0.29, 0.717) is 11.8 Å². The topological polar surface area (TPSA) is 54.5 Å². The van der Waals surface area contributed by atoms with Crippen molar-refractivity contribution in [3.63, 3.8) is 0 Å². The van der Waals surface area contributed by atoms with E-state index in [-0.39, 0.29) is 11.3 Å². The van der Waals surface area contributed by atoms with E-state index in [0.717, 1.165) is 70.8 Å². The first-order chi connectivity index (χ1) is 12.8. The van der Waals surface area contributed by atoms with Crippen molar-refractivity contribution in [3.05, 3.63) is 30.1 Å².